The Morgan fingerprint density at radius 3 is 2.83 bits per heavy atom. The Morgan fingerprint density at radius 2 is 2.10 bits per heavy atom. The van der Waals surface area contributed by atoms with Gasteiger partial charge in [-0.2, -0.15) is 5.10 Å². The Hall–Kier alpha value is -3.42. The van der Waals surface area contributed by atoms with Gasteiger partial charge in [0.05, 0.1) is 17.3 Å². The third-order valence-electron chi connectivity index (χ3n) is 5.76. The molecule has 0 saturated carbocycles. The average molecular weight is 407 g/mol. The number of fused-ring (bicyclic) bond motifs is 1. The minimum absolute atomic E-state index is 0.310. The number of carbonyl (C=O) groups is 3. The van der Waals surface area contributed by atoms with Crippen LogP contribution in [0.1, 0.15) is 65.4 Å². The van der Waals surface area contributed by atoms with E-state index in [1.807, 2.05) is 10.9 Å². The monoisotopic (exact) mass is 407 g/mol. The van der Waals surface area contributed by atoms with E-state index in [1.165, 1.54) is 0 Å². The molecule has 30 heavy (non-hydrogen) atoms. The van der Waals surface area contributed by atoms with E-state index in [2.05, 4.69) is 36.2 Å². The molecule has 2 atom stereocenters. The van der Waals surface area contributed by atoms with Crippen LogP contribution in [0, 0.1) is 0 Å². The predicted molar refractivity (Wildman–Crippen MR) is 112 cm³/mol. The Kier molecular flexibility index (Phi) is 5.15. The molecule has 8 heteroatoms. The molecule has 0 spiro atoms. The van der Waals surface area contributed by atoms with Crippen LogP contribution >= 0.6 is 0 Å². The van der Waals surface area contributed by atoms with Crippen LogP contribution in [0.15, 0.2) is 42.9 Å². The molecule has 2 aromatic rings. The van der Waals surface area contributed by atoms with Gasteiger partial charge in [-0.25, -0.2) is 0 Å². The molecule has 0 bridgehead atoms. The lowest BCUT2D eigenvalue weighted by Crippen LogP contribution is -2.51. The first-order chi connectivity index (χ1) is 14.4. The van der Waals surface area contributed by atoms with Crippen LogP contribution in [-0.4, -0.2) is 38.4 Å². The summed E-state index contributed by atoms with van der Waals surface area (Å²) in [5.74, 6) is -1.25. The van der Waals surface area contributed by atoms with Gasteiger partial charge in [0.15, 0.2) is 0 Å². The van der Waals surface area contributed by atoms with Crippen LogP contribution in [0.2, 0.25) is 0 Å². The van der Waals surface area contributed by atoms with Gasteiger partial charge in [0.25, 0.3) is 11.8 Å². The van der Waals surface area contributed by atoms with E-state index >= 15 is 0 Å². The van der Waals surface area contributed by atoms with Gasteiger partial charge in [-0.15, -0.1) is 0 Å². The number of hydrogen-bond acceptors (Lipinski definition) is 5. The molecule has 1 unspecified atom stereocenters. The van der Waals surface area contributed by atoms with Gasteiger partial charge < -0.3 is 10.6 Å². The van der Waals surface area contributed by atoms with Crippen molar-refractivity contribution in [3.05, 3.63) is 59.6 Å². The number of nitrogens with one attached hydrogen (secondary N) is 2. The van der Waals surface area contributed by atoms with E-state index in [9.17, 15) is 14.4 Å². The maximum Gasteiger partial charge on any atom is 0.264 e. The summed E-state index contributed by atoms with van der Waals surface area (Å²) in [4.78, 5) is 39.5. The number of piperidine rings is 1. The van der Waals surface area contributed by atoms with E-state index in [0.29, 0.717) is 47.9 Å². The largest absolute Gasteiger partial charge is 0.380 e. The lowest BCUT2D eigenvalue weighted by atomic mass is 10.0. The lowest BCUT2D eigenvalue weighted by Gasteiger charge is -2.29. The molecule has 8 nitrogen and oxygen atoms in total. The number of hydrogen-bond donors (Lipinski definition) is 2. The molecule has 1 fully saturated rings. The van der Waals surface area contributed by atoms with Crippen molar-refractivity contribution >= 4 is 23.4 Å². The molecule has 3 heterocycles. The first-order valence-corrected chi connectivity index (χ1v) is 10.2. The topological polar surface area (TPSA) is 96.3 Å². The zero-order valence-corrected chi connectivity index (χ0v) is 17.1. The average Bonchev–Trinajstić information content (AvgIpc) is 3.30. The number of rotatable bonds is 6. The van der Waals surface area contributed by atoms with Gasteiger partial charge in [0.1, 0.15) is 6.04 Å². The molecular weight excluding hydrogens is 382 g/mol. The van der Waals surface area contributed by atoms with Crippen molar-refractivity contribution in [2.45, 2.75) is 51.7 Å². The van der Waals surface area contributed by atoms with Gasteiger partial charge in [0.2, 0.25) is 5.91 Å². The number of allylic oxidation sites excluding steroid dienone is 1. The van der Waals surface area contributed by atoms with Crippen molar-refractivity contribution in [2.24, 2.45) is 0 Å². The third kappa shape index (κ3) is 3.38. The molecule has 2 aliphatic rings. The van der Waals surface area contributed by atoms with E-state index < -0.39 is 17.9 Å². The normalized spacial score (nSPS) is 19.7. The van der Waals surface area contributed by atoms with Crippen molar-refractivity contribution in [1.29, 1.82) is 0 Å². The second kappa shape index (κ2) is 7.78. The van der Waals surface area contributed by atoms with Crippen LogP contribution in [0.25, 0.3) is 0 Å². The second-order valence-corrected chi connectivity index (χ2v) is 7.80. The van der Waals surface area contributed by atoms with Crippen LogP contribution in [0.3, 0.4) is 0 Å². The number of imide groups is 1. The van der Waals surface area contributed by atoms with Crippen molar-refractivity contribution in [3.8, 4) is 0 Å². The van der Waals surface area contributed by atoms with Gasteiger partial charge in [-0.3, -0.25) is 24.0 Å². The molecule has 0 radical (unpaired) electrons. The van der Waals surface area contributed by atoms with E-state index in [0.717, 1.165) is 16.9 Å². The van der Waals surface area contributed by atoms with Crippen LogP contribution in [0.4, 0.5) is 5.69 Å². The smallest absolute Gasteiger partial charge is 0.264 e. The first kappa shape index (κ1) is 19.9. The first-order valence-electron chi connectivity index (χ1n) is 10.2. The summed E-state index contributed by atoms with van der Waals surface area (Å²) in [5.41, 5.74) is 2.79. The van der Waals surface area contributed by atoms with Crippen molar-refractivity contribution in [1.82, 2.24) is 20.0 Å². The highest BCUT2D eigenvalue weighted by Gasteiger charge is 2.44. The van der Waals surface area contributed by atoms with E-state index in [4.69, 9.17) is 0 Å². The molecule has 1 aromatic heterocycles. The standard InChI is InChI=1S/C22H25N5O3/c1-4-14(3)26-12-15(11-24-26)10-23-17-7-5-6-16-19(17)22(30)27(21(16)29)18-9-8-13(2)25-20(18)28/h5-7,11-12,14,18,23H,2,4,8-10H2,1,3H3,(H,25,28)/t14-,18?/m0/s1. The maximum atomic E-state index is 13.1. The van der Waals surface area contributed by atoms with Gasteiger partial charge >= 0.3 is 0 Å². The Balaban J connectivity index is 1.55. The molecule has 1 saturated heterocycles. The predicted octanol–water partition coefficient (Wildman–Crippen LogP) is 2.85. The lowest BCUT2D eigenvalue weighted by molar-refractivity contribution is -0.125. The Bertz CT molecular complexity index is 1040. The number of aromatic nitrogens is 2. The zero-order chi connectivity index (χ0) is 21.4. The fraction of sp³-hybridized carbons (Fsp3) is 0.364. The van der Waals surface area contributed by atoms with Crippen molar-refractivity contribution < 1.29 is 14.4 Å². The van der Waals surface area contributed by atoms with Crippen LogP contribution < -0.4 is 10.6 Å². The van der Waals surface area contributed by atoms with Gasteiger partial charge in [-0.05, 0) is 38.3 Å². The molecule has 0 aliphatic carbocycles. The summed E-state index contributed by atoms with van der Waals surface area (Å²) >= 11 is 0. The van der Waals surface area contributed by atoms with Crippen molar-refractivity contribution in [3.63, 3.8) is 0 Å². The fourth-order valence-corrected chi connectivity index (χ4v) is 3.84. The molecular formula is C22H25N5O3. The number of benzene rings is 1. The summed E-state index contributed by atoms with van der Waals surface area (Å²) in [6.45, 7) is 8.43. The molecule has 1 aromatic carbocycles. The minimum atomic E-state index is -0.815. The summed E-state index contributed by atoms with van der Waals surface area (Å²) in [6, 6.07) is 4.63. The SMILES string of the molecule is C=C1CCC(N2C(=O)c3cccc(NCc4cnn([C@@H](C)CC)c4)c3C2=O)C(=O)N1. The molecule has 2 N–H and O–H groups in total. The van der Waals surface area contributed by atoms with E-state index in [1.54, 1.807) is 24.4 Å². The minimum Gasteiger partial charge on any atom is -0.380 e. The Morgan fingerprint density at radius 1 is 1.30 bits per heavy atom. The number of nitrogens with zero attached hydrogens (tertiary/aromatic N) is 3. The highest BCUT2D eigenvalue weighted by molar-refractivity contribution is 6.25. The van der Waals surface area contributed by atoms with Gasteiger partial charge in [-0.1, -0.05) is 19.6 Å². The number of anilines is 1. The van der Waals surface area contributed by atoms with Crippen molar-refractivity contribution in [2.75, 3.05) is 5.32 Å². The summed E-state index contributed by atoms with van der Waals surface area (Å²) in [7, 11) is 0. The fourth-order valence-electron chi connectivity index (χ4n) is 3.84. The summed E-state index contributed by atoms with van der Waals surface area (Å²) < 4.78 is 1.92. The molecule has 4 rings (SSSR count). The van der Waals surface area contributed by atoms with Gasteiger partial charge in [0, 0.05) is 35.7 Å². The summed E-state index contributed by atoms with van der Waals surface area (Å²) in [6.07, 6.45) is 5.67. The summed E-state index contributed by atoms with van der Waals surface area (Å²) in [5, 5.41) is 10.3. The molecule has 156 valence electrons. The van der Waals surface area contributed by atoms with Crippen LogP contribution in [0.5, 0.6) is 0 Å². The highest BCUT2D eigenvalue weighted by atomic mass is 16.2. The third-order valence-corrected chi connectivity index (χ3v) is 5.76. The zero-order valence-electron chi connectivity index (χ0n) is 17.1. The Labute approximate surface area is 174 Å². The molecule has 3 amide bonds. The maximum absolute atomic E-state index is 13.1. The number of carbonyl (C=O) groups excluding carboxylic acids is 3. The second-order valence-electron chi connectivity index (χ2n) is 7.80. The van der Waals surface area contributed by atoms with E-state index in [-0.39, 0.29) is 5.91 Å². The van der Waals surface area contributed by atoms with Crippen LogP contribution in [-0.2, 0) is 11.3 Å². The highest BCUT2D eigenvalue weighted by Crippen LogP contribution is 2.33. The quantitative estimate of drug-likeness (QED) is 0.718. The number of amides is 3. The molecule has 2 aliphatic heterocycles.